The fourth-order valence-corrected chi connectivity index (χ4v) is 6.97. The van der Waals surface area contributed by atoms with Crippen LogP contribution in [0.5, 0.6) is 0 Å². The van der Waals surface area contributed by atoms with E-state index in [2.05, 4.69) is 189 Å². The van der Waals surface area contributed by atoms with Crippen molar-refractivity contribution in [3.8, 4) is 166 Å². The Bertz CT molecular complexity index is 3080. The molecule has 4 atom stereocenters. The number of aliphatic carboxylic acids is 1. The molecule has 440 valence electrons. The standard InChI is InChI=1S/C63H62N4O10S.20H2/c1-5-9-12-15-18-21-24-27-30-33-36-39-42-45-57(68)65-56(63(75)66-54(8-4)62(74)67-55(61(64)73)48-49-58(69)70)52-78-51-53(77-60(72)47-44-41-38-35-32-29-26-23-20-17-14-11-7-3)50-76-59(71)46-43-40-37-34-31-28-25-22-19-16-13-10-6-2;;;;;;;;;;;;;;;;;;;;/h53-56H,5,8-9,12,15,18,21,24,27,30,33,36,39,42,45,48-52H2,1-4H3,(H2,64,73)(H,65,68)(H,66,75)(H,67,74)(H,69,70);20*1H/t53-,54+,55-,56+;;;;;;;;;;;;;;;;;;;;/m1..................../s1. The van der Waals surface area contributed by atoms with Gasteiger partial charge in [0, 0.05) is 64.7 Å². The van der Waals surface area contributed by atoms with Crippen LogP contribution in [0.15, 0.2) is 0 Å². The van der Waals surface area contributed by atoms with Crippen molar-refractivity contribution < 1.29 is 76.7 Å². The molecule has 15 heteroatoms. The molecule has 0 aromatic heterocycles. The normalized spacial score (nSPS) is 9.95. The van der Waals surface area contributed by atoms with E-state index in [1.807, 2.05) is 0 Å². The number of carboxylic acid groups (broad SMARTS) is 1. The van der Waals surface area contributed by atoms with Crippen LogP contribution in [0.4, 0.5) is 0 Å². The number of nitrogens with one attached hydrogen (secondary N) is 3. The monoisotopic (exact) mass is 1110 g/mol. The summed E-state index contributed by atoms with van der Waals surface area (Å²) < 4.78 is 10.7. The Morgan fingerprint density at radius 3 is 1.31 bits per heavy atom. The Kier molecular flexibility index (Phi) is 43.6. The zero-order valence-corrected chi connectivity index (χ0v) is 45.4. The lowest BCUT2D eigenvalue weighted by molar-refractivity contribution is -0.150. The second-order valence-electron chi connectivity index (χ2n) is 15.9. The molecule has 0 aliphatic carbocycles. The van der Waals surface area contributed by atoms with Crippen molar-refractivity contribution in [1.82, 2.24) is 16.0 Å². The highest BCUT2D eigenvalue weighted by Gasteiger charge is 2.29. The summed E-state index contributed by atoms with van der Waals surface area (Å²) in [4.78, 5) is 89.0. The lowest BCUT2D eigenvalue weighted by atomic mass is 10.0. The van der Waals surface area contributed by atoms with Crippen molar-refractivity contribution in [1.29, 1.82) is 0 Å². The molecule has 0 saturated carbocycles. The van der Waals surface area contributed by atoms with Crippen LogP contribution >= 0.6 is 11.8 Å². The van der Waals surface area contributed by atoms with Crippen LogP contribution in [-0.4, -0.2) is 89.0 Å². The smallest absolute Gasteiger partial charge is 0.385 e. The molecule has 0 aromatic rings. The summed E-state index contributed by atoms with van der Waals surface area (Å²) >= 11 is 1.04. The summed E-state index contributed by atoms with van der Waals surface area (Å²) in [5.74, 6) is 61.8. The number of rotatable bonds is 31. The predicted molar refractivity (Wildman–Crippen MR) is 343 cm³/mol. The van der Waals surface area contributed by atoms with Gasteiger partial charge in [-0.05, 0) is 175 Å². The van der Waals surface area contributed by atoms with Gasteiger partial charge in [-0.3, -0.25) is 24.0 Å². The Balaban J connectivity index is -0.000000156. The molecule has 14 nitrogen and oxygen atoms in total. The summed E-state index contributed by atoms with van der Waals surface area (Å²) in [5, 5.41) is 16.8. The molecule has 0 radical (unpaired) electrons. The molecule has 0 fully saturated rings. The molecular weight excluding hydrogens is 1000 g/mol. The average molecular weight is 1110 g/mol. The zero-order valence-electron chi connectivity index (χ0n) is 44.6. The van der Waals surface area contributed by atoms with Crippen LogP contribution in [0.1, 0.15) is 165 Å². The van der Waals surface area contributed by atoms with Gasteiger partial charge >= 0.3 is 17.9 Å². The Hall–Kier alpha value is -9.52. The lowest BCUT2D eigenvalue weighted by Crippen LogP contribution is -2.56. The molecule has 78 heavy (non-hydrogen) atoms. The van der Waals surface area contributed by atoms with Crippen molar-refractivity contribution in [3.05, 3.63) is 0 Å². The van der Waals surface area contributed by atoms with E-state index in [0.717, 1.165) is 37.4 Å². The topological polar surface area (TPSA) is 220 Å². The Labute approximate surface area is 495 Å². The fraction of sp³-hybridized carbons (Fsp3) is 0.444. The molecule has 4 amide bonds. The maximum absolute atomic E-state index is 13.9. The van der Waals surface area contributed by atoms with Crippen molar-refractivity contribution in [2.75, 3.05) is 18.1 Å². The van der Waals surface area contributed by atoms with Gasteiger partial charge < -0.3 is 36.3 Å². The van der Waals surface area contributed by atoms with Gasteiger partial charge in [-0.1, -0.05) is 103 Å². The van der Waals surface area contributed by atoms with Crippen LogP contribution < -0.4 is 21.7 Å². The van der Waals surface area contributed by atoms with Crippen molar-refractivity contribution in [3.63, 3.8) is 0 Å². The van der Waals surface area contributed by atoms with Gasteiger partial charge in [0.25, 0.3) is 0 Å². The summed E-state index contributed by atoms with van der Waals surface area (Å²) in [7, 11) is 0. The van der Waals surface area contributed by atoms with Crippen LogP contribution in [-0.2, 0) is 43.0 Å². The number of esters is 2. The number of nitrogens with two attached hydrogens (primary N) is 1. The van der Waals surface area contributed by atoms with E-state index in [9.17, 15) is 33.6 Å². The van der Waals surface area contributed by atoms with E-state index in [1.165, 1.54) is 51.4 Å². The fourth-order valence-electron chi connectivity index (χ4n) is 5.94. The van der Waals surface area contributed by atoms with Gasteiger partial charge in [0.05, 0.1) is 0 Å². The quantitative estimate of drug-likeness (QED) is 0.0191. The first-order chi connectivity index (χ1) is 37.9. The summed E-state index contributed by atoms with van der Waals surface area (Å²) in [6.45, 7) is 6.57. The highest BCUT2D eigenvalue weighted by atomic mass is 32.2. The van der Waals surface area contributed by atoms with Crippen LogP contribution in [0, 0.1) is 166 Å². The van der Waals surface area contributed by atoms with Gasteiger partial charge in [-0.15, -0.1) is 0 Å². The maximum atomic E-state index is 13.9. The minimum atomic E-state index is -1.32. The van der Waals surface area contributed by atoms with E-state index in [1.54, 1.807) is 20.8 Å². The average Bonchev–Trinajstić information content (AvgIpc) is 1.41. The first-order valence-corrected chi connectivity index (χ1v) is 26.3. The first kappa shape index (κ1) is 68.5. The van der Waals surface area contributed by atoms with Crippen molar-refractivity contribution >= 4 is 53.3 Å². The molecule has 0 rings (SSSR count). The van der Waals surface area contributed by atoms with Crippen molar-refractivity contribution in [2.45, 2.75) is 161 Å². The van der Waals surface area contributed by atoms with Crippen molar-refractivity contribution in [2.24, 2.45) is 5.73 Å². The number of primary amides is 1. The number of hydrogen-bond acceptors (Lipinski definition) is 10. The van der Waals surface area contributed by atoms with Gasteiger partial charge in [0.1, 0.15) is 30.8 Å². The molecule has 6 N–H and O–H groups in total. The second kappa shape index (κ2) is 49.7. The molecule has 0 aliphatic rings. The second-order valence-corrected chi connectivity index (χ2v) is 17.0. The van der Waals surface area contributed by atoms with Gasteiger partial charge in [0.2, 0.25) is 23.6 Å². The number of carbonyl (C=O) groups is 7. The van der Waals surface area contributed by atoms with Gasteiger partial charge in [-0.25, -0.2) is 9.59 Å². The van der Waals surface area contributed by atoms with E-state index in [-0.39, 0.29) is 59.3 Å². The highest BCUT2D eigenvalue weighted by Crippen LogP contribution is 2.14. The number of unbranched alkanes of at least 4 members (excludes halogenated alkanes) is 12. The summed E-state index contributed by atoms with van der Waals surface area (Å²) in [6.07, 6.45) is 12.8. The minimum Gasteiger partial charge on any atom is -0.481 e. The molecule has 0 saturated heterocycles. The Morgan fingerprint density at radius 2 is 0.885 bits per heavy atom. The van der Waals surface area contributed by atoms with Gasteiger partial charge in [0.15, 0.2) is 0 Å². The summed E-state index contributed by atoms with van der Waals surface area (Å²) in [5.41, 5.74) is 5.41. The number of hydrogen-bond donors (Lipinski definition) is 5. The SMILES string of the molecule is CC#CC#CC#CC#CC#CC#CC#CC(=O)OC[C@H](CSC[C@H](NC(=O)CCCCCCCCCCCCCCC)C(=O)N[C@@H](CC)C(=O)N[C@H](CCC(=O)O)C(N)=O)OC(=O)C#CC#CC#CC#CC#CC#CC#CC.[HH].[HH].[HH].[HH].[HH].[HH].[HH].[HH].[HH].[HH].[HH].[HH].[HH].[HH].[HH].[HH].[HH].[HH].[HH].[HH]. The molecule has 0 spiro atoms. The third-order valence-corrected chi connectivity index (χ3v) is 10.9. The predicted octanol–water partition coefficient (Wildman–Crippen LogP) is 8.88. The molecule has 0 heterocycles. The molecule has 0 bridgehead atoms. The molecule has 0 aliphatic heterocycles. The third kappa shape index (κ3) is 42.9. The largest absolute Gasteiger partial charge is 0.481 e. The molecular formula is C63H102N4O10S. The number of thioether (sulfide) groups is 1. The minimum absolute atomic E-state index is 0. The first-order valence-electron chi connectivity index (χ1n) is 25.1. The van der Waals surface area contributed by atoms with Gasteiger partial charge in [-0.2, -0.15) is 11.8 Å². The highest BCUT2D eigenvalue weighted by molar-refractivity contribution is 7.99. The maximum Gasteiger partial charge on any atom is 0.385 e. The molecule has 0 aromatic carbocycles. The zero-order chi connectivity index (χ0) is 57.5. The van der Waals surface area contributed by atoms with Crippen LogP contribution in [0.2, 0.25) is 0 Å². The van der Waals surface area contributed by atoms with E-state index >= 15 is 0 Å². The van der Waals surface area contributed by atoms with Crippen LogP contribution in [0.25, 0.3) is 0 Å². The lowest BCUT2D eigenvalue weighted by Gasteiger charge is -2.24. The van der Waals surface area contributed by atoms with Crippen LogP contribution in [0.3, 0.4) is 0 Å². The number of carboxylic acids is 1. The number of amides is 4. The van der Waals surface area contributed by atoms with E-state index < -0.39 is 78.8 Å². The third-order valence-electron chi connectivity index (χ3n) is 9.72. The number of carbonyl (C=O) groups excluding carboxylic acids is 6. The van der Waals surface area contributed by atoms with E-state index in [0.29, 0.717) is 6.42 Å². The summed E-state index contributed by atoms with van der Waals surface area (Å²) in [6, 6.07) is -3.77. The van der Waals surface area contributed by atoms with E-state index in [4.69, 9.17) is 20.3 Å². The number of ether oxygens (including phenoxy) is 2. The molecule has 0 unspecified atom stereocenters. The Morgan fingerprint density at radius 1 is 0.487 bits per heavy atom.